The third-order valence-electron chi connectivity index (χ3n) is 5.08. The molecule has 160 valence electrons. The van der Waals surface area contributed by atoms with Crippen LogP contribution in [0.25, 0.3) is 11.4 Å². The zero-order valence-electron chi connectivity index (χ0n) is 16.8. The molecule has 0 aliphatic carbocycles. The van der Waals surface area contributed by atoms with Crippen LogP contribution in [0.4, 0.5) is 20.2 Å². The van der Waals surface area contributed by atoms with E-state index in [1.807, 2.05) is 4.90 Å². The summed E-state index contributed by atoms with van der Waals surface area (Å²) in [6, 6.07) is 9.96. The molecule has 4 rings (SSSR count). The predicted molar refractivity (Wildman–Crippen MR) is 113 cm³/mol. The van der Waals surface area contributed by atoms with Gasteiger partial charge in [0.1, 0.15) is 23.1 Å². The van der Waals surface area contributed by atoms with E-state index in [0.717, 1.165) is 6.42 Å². The Morgan fingerprint density at radius 1 is 1.26 bits per heavy atom. The van der Waals surface area contributed by atoms with Gasteiger partial charge in [0.05, 0.1) is 24.0 Å². The number of halogens is 2. The van der Waals surface area contributed by atoms with Crippen LogP contribution in [0.2, 0.25) is 0 Å². The Hall–Kier alpha value is -3.59. The Bertz CT molecular complexity index is 1120. The molecule has 1 saturated heterocycles. The van der Waals surface area contributed by atoms with Crippen LogP contribution in [0.15, 0.2) is 48.7 Å². The van der Waals surface area contributed by atoms with E-state index in [-0.39, 0.29) is 28.9 Å². The van der Waals surface area contributed by atoms with E-state index >= 15 is 0 Å². The van der Waals surface area contributed by atoms with Crippen molar-refractivity contribution >= 4 is 17.3 Å². The van der Waals surface area contributed by atoms with Gasteiger partial charge in [0.15, 0.2) is 5.82 Å². The third kappa shape index (κ3) is 4.31. The second-order valence-corrected chi connectivity index (χ2v) is 7.19. The summed E-state index contributed by atoms with van der Waals surface area (Å²) in [4.78, 5) is 23.2. The number of nitrogens with zero attached hydrogens (tertiary/aromatic N) is 3. The number of rotatable bonds is 5. The summed E-state index contributed by atoms with van der Waals surface area (Å²) in [6.07, 6.45) is 2.17. The molecule has 9 heteroatoms. The second-order valence-electron chi connectivity index (χ2n) is 7.19. The second kappa shape index (κ2) is 8.65. The normalized spacial score (nSPS) is 15.7. The number of nitrogens with one attached hydrogen (secondary N) is 1. The standard InChI is InChI=1S/C22H21F2N5O2/c1-31-19-4-2-3-15(24)20(19)21-26-9-7-16(27-21)22(30)28-17-11-13(23)5-6-18(17)29-10-8-14(25)12-29/h2-7,9,11,14H,8,10,12,25H2,1H3,(H,28,30). The van der Waals surface area contributed by atoms with Gasteiger partial charge in [-0.05, 0) is 42.8 Å². The smallest absolute Gasteiger partial charge is 0.274 e. The molecule has 1 unspecified atom stereocenters. The van der Waals surface area contributed by atoms with Gasteiger partial charge in [0.25, 0.3) is 5.91 Å². The molecule has 1 atom stereocenters. The van der Waals surface area contributed by atoms with Crippen LogP contribution in [0.3, 0.4) is 0 Å². The molecule has 0 bridgehead atoms. The van der Waals surface area contributed by atoms with E-state index in [1.165, 1.54) is 43.6 Å². The van der Waals surface area contributed by atoms with Gasteiger partial charge >= 0.3 is 0 Å². The van der Waals surface area contributed by atoms with E-state index in [9.17, 15) is 13.6 Å². The van der Waals surface area contributed by atoms with Crippen molar-refractivity contribution < 1.29 is 18.3 Å². The van der Waals surface area contributed by atoms with E-state index < -0.39 is 17.5 Å². The fourth-order valence-electron chi connectivity index (χ4n) is 3.57. The summed E-state index contributed by atoms with van der Waals surface area (Å²) >= 11 is 0. The zero-order chi connectivity index (χ0) is 22.0. The summed E-state index contributed by atoms with van der Waals surface area (Å²) in [7, 11) is 1.41. The van der Waals surface area contributed by atoms with Crippen molar-refractivity contribution in [1.82, 2.24) is 9.97 Å². The Kier molecular flexibility index (Phi) is 5.77. The lowest BCUT2D eigenvalue weighted by Crippen LogP contribution is -2.27. The lowest BCUT2D eigenvalue weighted by Gasteiger charge is -2.22. The zero-order valence-corrected chi connectivity index (χ0v) is 16.8. The summed E-state index contributed by atoms with van der Waals surface area (Å²) in [5.74, 6) is -1.38. The molecule has 1 aromatic heterocycles. The fourth-order valence-corrected chi connectivity index (χ4v) is 3.57. The molecule has 2 heterocycles. The van der Waals surface area contributed by atoms with Gasteiger partial charge in [0.2, 0.25) is 0 Å². The number of anilines is 2. The minimum absolute atomic E-state index is 0.00337. The largest absolute Gasteiger partial charge is 0.496 e. The minimum Gasteiger partial charge on any atom is -0.496 e. The molecule has 1 aliphatic heterocycles. The Morgan fingerprint density at radius 3 is 2.84 bits per heavy atom. The van der Waals surface area contributed by atoms with Crippen molar-refractivity contribution in [1.29, 1.82) is 0 Å². The Labute approximate surface area is 177 Å². The van der Waals surface area contributed by atoms with Crippen LogP contribution < -0.4 is 20.7 Å². The quantitative estimate of drug-likeness (QED) is 0.652. The van der Waals surface area contributed by atoms with Crippen LogP contribution >= 0.6 is 0 Å². The highest BCUT2D eigenvalue weighted by atomic mass is 19.1. The Balaban J connectivity index is 1.64. The Morgan fingerprint density at radius 2 is 2.10 bits per heavy atom. The SMILES string of the molecule is COc1cccc(F)c1-c1nccc(C(=O)Nc2cc(F)ccc2N2CCC(N)C2)n1. The molecule has 0 saturated carbocycles. The molecule has 3 aromatic rings. The number of hydrogen-bond donors (Lipinski definition) is 2. The maximum Gasteiger partial charge on any atom is 0.274 e. The monoisotopic (exact) mass is 425 g/mol. The molecule has 1 aliphatic rings. The van der Waals surface area contributed by atoms with Crippen LogP contribution in [0, 0.1) is 11.6 Å². The molecule has 0 spiro atoms. The van der Waals surface area contributed by atoms with Gasteiger partial charge in [-0.2, -0.15) is 0 Å². The van der Waals surface area contributed by atoms with Crippen molar-refractivity contribution in [3.05, 3.63) is 66.0 Å². The number of benzene rings is 2. The van der Waals surface area contributed by atoms with Gasteiger partial charge in [-0.3, -0.25) is 4.79 Å². The van der Waals surface area contributed by atoms with Crippen molar-refractivity contribution in [2.75, 3.05) is 30.4 Å². The predicted octanol–water partition coefficient (Wildman–Crippen LogP) is 3.22. The van der Waals surface area contributed by atoms with E-state index in [4.69, 9.17) is 10.5 Å². The number of methoxy groups -OCH3 is 1. The minimum atomic E-state index is -0.575. The van der Waals surface area contributed by atoms with Crippen LogP contribution in [-0.2, 0) is 0 Å². The van der Waals surface area contributed by atoms with Gasteiger partial charge in [-0.15, -0.1) is 0 Å². The number of carbonyl (C=O) groups excluding carboxylic acids is 1. The van der Waals surface area contributed by atoms with Crippen molar-refractivity contribution in [3.63, 3.8) is 0 Å². The van der Waals surface area contributed by atoms with Gasteiger partial charge < -0.3 is 20.7 Å². The van der Waals surface area contributed by atoms with Gasteiger partial charge in [-0.25, -0.2) is 18.7 Å². The molecule has 1 fully saturated rings. The average molecular weight is 425 g/mol. The van der Waals surface area contributed by atoms with Gasteiger partial charge in [0, 0.05) is 25.3 Å². The van der Waals surface area contributed by atoms with Crippen molar-refractivity contribution in [3.8, 4) is 17.1 Å². The topological polar surface area (TPSA) is 93.4 Å². The van der Waals surface area contributed by atoms with Crippen LogP contribution in [0.1, 0.15) is 16.9 Å². The number of amides is 1. The summed E-state index contributed by atoms with van der Waals surface area (Å²) in [5, 5.41) is 2.70. The fraction of sp³-hybridized carbons (Fsp3) is 0.227. The highest BCUT2D eigenvalue weighted by molar-refractivity contribution is 6.05. The summed E-state index contributed by atoms with van der Waals surface area (Å²) in [6.45, 7) is 1.32. The first-order chi connectivity index (χ1) is 15.0. The number of nitrogens with two attached hydrogens (primary N) is 1. The highest BCUT2D eigenvalue weighted by Gasteiger charge is 2.23. The molecular weight excluding hydrogens is 404 g/mol. The third-order valence-corrected chi connectivity index (χ3v) is 5.08. The van der Waals surface area contributed by atoms with Gasteiger partial charge in [-0.1, -0.05) is 6.07 Å². The lowest BCUT2D eigenvalue weighted by atomic mass is 10.1. The molecule has 0 radical (unpaired) electrons. The highest BCUT2D eigenvalue weighted by Crippen LogP contribution is 2.31. The first-order valence-corrected chi connectivity index (χ1v) is 9.73. The molecule has 31 heavy (non-hydrogen) atoms. The summed E-state index contributed by atoms with van der Waals surface area (Å²) < 4.78 is 33.5. The first-order valence-electron chi connectivity index (χ1n) is 9.73. The number of carbonyl (C=O) groups is 1. The molecular formula is C22H21F2N5O2. The number of ether oxygens (including phenoxy) is 1. The van der Waals surface area contributed by atoms with Crippen molar-refractivity contribution in [2.45, 2.75) is 12.5 Å². The van der Waals surface area contributed by atoms with E-state index in [1.54, 1.807) is 12.1 Å². The number of aromatic nitrogens is 2. The van der Waals surface area contributed by atoms with Crippen molar-refractivity contribution in [2.24, 2.45) is 5.73 Å². The van der Waals surface area contributed by atoms with E-state index in [0.29, 0.717) is 24.5 Å². The number of hydrogen-bond acceptors (Lipinski definition) is 6. The molecule has 1 amide bonds. The molecule has 3 N–H and O–H groups in total. The lowest BCUT2D eigenvalue weighted by molar-refractivity contribution is 0.102. The first kappa shape index (κ1) is 20.7. The van der Waals surface area contributed by atoms with Crippen LogP contribution in [0.5, 0.6) is 5.75 Å². The summed E-state index contributed by atoms with van der Waals surface area (Å²) in [5.41, 5.74) is 7.02. The average Bonchev–Trinajstić information content (AvgIpc) is 3.19. The van der Waals surface area contributed by atoms with E-state index in [2.05, 4.69) is 15.3 Å². The molecule has 7 nitrogen and oxygen atoms in total. The maximum atomic E-state index is 14.4. The maximum absolute atomic E-state index is 14.4. The van der Waals surface area contributed by atoms with Crippen LogP contribution in [-0.4, -0.2) is 42.1 Å². The molecule has 2 aromatic carbocycles.